The van der Waals surface area contributed by atoms with Gasteiger partial charge in [0.25, 0.3) is 5.91 Å². The van der Waals surface area contributed by atoms with Gasteiger partial charge in [-0.3, -0.25) is 9.69 Å². The number of rotatable bonds is 10. The average molecular weight is 531 g/mol. The molecule has 3 rings (SSSR count). The predicted molar refractivity (Wildman–Crippen MR) is 144 cm³/mol. The summed E-state index contributed by atoms with van der Waals surface area (Å²) in [4.78, 5) is 37.1. The van der Waals surface area contributed by atoms with Crippen molar-refractivity contribution in [3.05, 3.63) is 66.2 Å². The maximum Gasteiger partial charge on any atom is 0.414 e. The smallest absolute Gasteiger partial charge is 0.414 e. The fraction of sp³-hybridized carbons (Fsp3) is 0.370. The summed E-state index contributed by atoms with van der Waals surface area (Å²) in [6.07, 6.45) is 4.10. The second-order valence-corrected chi connectivity index (χ2v) is 8.53. The lowest BCUT2D eigenvalue weighted by Crippen LogP contribution is -2.46. The van der Waals surface area contributed by atoms with Gasteiger partial charge >= 0.3 is 11.9 Å². The maximum atomic E-state index is 12.5. The molecule has 1 amide bonds. The van der Waals surface area contributed by atoms with Gasteiger partial charge in [0, 0.05) is 64.6 Å². The Labute approximate surface area is 221 Å². The lowest BCUT2D eigenvalue weighted by Gasteiger charge is -2.36. The molecule has 0 spiro atoms. The molecule has 10 nitrogen and oxygen atoms in total. The molecule has 3 N–H and O–H groups in total. The van der Waals surface area contributed by atoms with Crippen LogP contribution in [0.2, 0.25) is 0 Å². The summed E-state index contributed by atoms with van der Waals surface area (Å²) in [5.41, 5.74) is 2.76. The number of anilines is 2. The van der Waals surface area contributed by atoms with Gasteiger partial charge < -0.3 is 30.1 Å². The number of nitrogens with zero attached hydrogens (tertiary/aromatic N) is 3. The Morgan fingerprint density at radius 2 is 1.61 bits per heavy atom. The Kier molecular flexibility index (Phi) is 12.6. The van der Waals surface area contributed by atoms with Crippen molar-refractivity contribution >= 4 is 29.2 Å². The summed E-state index contributed by atoms with van der Waals surface area (Å²) in [5.74, 6) is -2.97. The highest BCUT2D eigenvalue weighted by atomic mass is 19.1. The average Bonchev–Trinajstić information content (AvgIpc) is 2.92. The van der Waals surface area contributed by atoms with E-state index in [4.69, 9.17) is 24.5 Å². The highest BCUT2D eigenvalue weighted by Gasteiger charge is 2.19. The van der Waals surface area contributed by atoms with Crippen LogP contribution in [0.4, 0.5) is 15.8 Å². The van der Waals surface area contributed by atoms with Crippen LogP contribution < -0.4 is 19.9 Å². The van der Waals surface area contributed by atoms with Gasteiger partial charge in [-0.2, -0.15) is 0 Å². The van der Waals surface area contributed by atoms with Crippen molar-refractivity contribution < 1.29 is 33.7 Å². The lowest BCUT2D eigenvalue weighted by atomic mass is 10.2. The van der Waals surface area contributed by atoms with Gasteiger partial charge in [-0.15, -0.1) is 0 Å². The molecule has 1 aliphatic rings. The lowest BCUT2D eigenvalue weighted by molar-refractivity contribution is -0.159. The monoisotopic (exact) mass is 530 g/mol. The molecule has 206 valence electrons. The number of aliphatic carboxylic acids is 2. The van der Waals surface area contributed by atoms with E-state index in [0.29, 0.717) is 12.1 Å². The van der Waals surface area contributed by atoms with Gasteiger partial charge in [0.05, 0.1) is 5.69 Å². The molecule has 0 saturated carbocycles. The van der Waals surface area contributed by atoms with Gasteiger partial charge in [-0.1, -0.05) is 24.3 Å². The third kappa shape index (κ3) is 10.1. The fourth-order valence-electron chi connectivity index (χ4n) is 3.63. The van der Waals surface area contributed by atoms with E-state index in [0.717, 1.165) is 49.8 Å². The number of carboxylic acids is 2. The van der Waals surface area contributed by atoms with Crippen LogP contribution in [-0.2, 0) is 9.59 Å². The maximum absolute atomic E-state index is 12.5. The van der Waals surface area contributed by atoms with Crippen LogP contribution >= 0.6 is 0 Å². The van der Waals surface area contributed by atoms with Crippen LogP contribution in [-0.4, -0.2) is 99.6 Å². The SMILES string of the molecule is CN(C)c1ccc(C(=O)NC/C=C/CN2CCN(c3ccccc3OCCF)CC2)cc1.O=C(O)C(=O)O. The zero-order valence-corrected chi connectivity index (χ0v) is 21.7. The minimum absolute atomic E-state index is 0.0674. The van der Waals surface area contributed by atoms with Crippen molar-refractivity contribution in [1.29, 1.82) is 0 Å². The molecule has 2 aromatic carbocycles. The van der Waals surface area contributed by atoms with Crippen LogP contribution in [0.15, 0.2) is 60.7 Å². The largest absolute Gasteiger partial charge is 0.489 e. The number of carboxylic acid groups (broad SMARTS) is 2. The zero-order valence-electron chi connectivity index (χ0n) is 21.7. The zero-order chi connectivity index (χ0) is 27.9. The van der Waals surface area contributed by atoms with Crippen molar-refractivity contribution in [2.24, 2.45) is 0 Å². The third-order valence-electron chi connectivity index (χ3n) is 5.65. The van der Waals surface area contributed by atoms with E-state index in [1.807, 2.05) is 73.6 Å². The molecule has 1 fully saturated rings. The van der Waals surface area contributed by atoms with Gasteiger partial charge in [0.2, 0.25) is 0 Å². The number of ether oxygens (including phenoxy) is 1. The second-order valence-electron chi connectivity index (χ2n) is 8.53. The van der Waals surface area contributed by atoms with Crippen molar-refractivity contribution in [3.63, 3.8) is 0 Å². The molecule has 0 aliphatic carbocycles. The first-order chi connectivity index (χ1) is 18.2. The third-order valence-corrected chi connectivity index (χ3v) is 5.65. The topological polar surface area (TPSA) is 123 Å². The molecule has 11 heteroatoms. The fourth-order valence-corrected chi connectivity index (χ4v) is 3.63. The van der Waals surface area contributed by atoms with Crippen LogP contribution in [0.3, 0.4) is 0 Å². The molecule has 0 atom stereocenters. The number of para-hydroxylation sites is 2. The van der Waals surface area contributed by atoms with Crippen molar-refractivity contribution in [2.45, 2.75) is 0 Å². The Hall–Kier alpha value is -4.12. The van der Waals surface area contributed by atoms with Gasteiger partial charge in [-0.25, -0.2) is 14.0 Å². The standard InChI is InChI=1S/C25H33FN4O2.C2H2O4/c1-28(2)22-11-9-21(10-12-22)25(31)27-14-5-6-15-29-16-18-30(19-17-29)23-7-3-4-8-24(23)32-20-13-26;3-1(4)2(5)6/h3-12H,13-20H2,1-2H3,(H,27,31);(H,3,4)(H,5,6)/b6-5+;. The molecule has 0 bridgehead atoms. The Bertz CT molecular complexity index is 1060. The van der Waals surface area contributed by atoms with E-state index in [2.05, 4.69) is 21.2 Å². The molecule has 2 aromatic rings. The molecule has 0 radical (unpaired) electrons. The molecule has 0 aromatic heterocycles. The molecule has 1 heterocycles. The molecule has 0 unspecified atom stereocenters. The summed E-state index contributed by atoms with van der Waals surface area (Å²) in [7, 11) is 3.95. The first-order valence-corrected chi connectivity index (χ1v) is 12.1. The van der Waals surface area contributed by atoms with Crippen molar-refractivity contribution in [2.75, 3.05) is 76.4 Å². The van der Waals surface area contributed by atoms with Crippen LogP contribution in [0.5, 0.6) is 5.75 Å². The molecule has 1 aliphatic heterocycles. The number of nitrogens with one attached hydrogen (secondary N) is 1. The number of halogens is 1. The number of alkyl halides is 1. The van der Waals surface area contributed by atoms with E-state index >= 15 is 0 Å². The first kappa shape index (κ1) is 30.1. The van der Waals surface area contributed by atoms with E-state index in [-0.39, 0.29) is 12.5 Å². The number of carbonyl (C=O) groups is 3. The summed E-state index contributed by atoms with van der Waals surface area (Å²) in [6, 6.07) is 15.4. The number of hydrogen-bond donors (Lipinski definition) is 3. The Morgan fingerprint density at radius 1 is 0.974 bits per heavy atom. The van der Waals surface area contributed by atoms with Crippen LogP contribution in [0.25, 0.3) is 0 Å². The predicted octanol–water partition coefficient (Wildman–Crippen LogP) is 2.36. The number of piperazine rings is 1. The first-order valence-electron chi connectivity index (χ1n) is 12.1. The van der Waals surface area contributed by atoms with Crippen molar-refractivity contribution in [1.82, 2.24) is 10.2 Å². The van der Waals surface area contributed by atoms with E-state index in [9.17, 15) is 9.18 Å². The summed E-state index contributed by atoms with van der Waals surface area (Å²) < 4.78 is 18.0. The highest BCUT2D eigenvalue weighted by molar-refractivity contribution is 6.27. The normalized spacial score (nSPS) is 13.4. The molecular weight excluding hydrogens is 495 g/mol. The van der Waals surface area contributed by atoms with E-state index in [1.165, 1.54) is 0 Å². The molecule has 1 saturated heterocycles. The number of amides is 1. The van der Waals surface area contributed by atoms with Gasteiger partial charge in [0.1, 0.15) is 19.0 Å². The van der Waals surface area contributed by atoms with Gasteiger partial charge in [0.15, 0.2) is 0 Å². The van der Waals surface area contributed by atoms with Crippen molar-refractivity contribution in [3.8, 4) is 5.75 Å². The van der Waals surface area contributed by atoms with E-state index in [1.54, 1.807) is 0 Å². The van der Waals surface area contributed by atoms with E-state index < -0.39 is 18.6 Å². The Balaban J connectivity index is 0.000000757. The number of benzene rings is 2. The quantitative estimate of drug-likeness (QED) is 0.314. The number of hydrogen-bond acceptors (Lipinski definition) is 7. The highest BCUT2D eigenvalue weighted by Crippen LogP contribution is 2.28. The second kappa shape index (κ2) is 15.9. The minimum Gasteiger partial charge on any atom is -0.489 e. The number of carbonyl (C=O) groups excluding carboxylic acids is 1. The minimum atomic E-state index is -1.82. The van der Waals surface area contributed by atoms with Crippen LogP contribution in [0, 0.1) is 0 Å². The summed E-state index contributed by atoms with van der Waals surface area (Å²) in [6.45, 7) is 4.61. The molecular formula is C27H35FN4O6. The molecule has 38 heavy (non-hydrogen) atoms. The van der Waals surface area contributed by atoms with Gasteiger partial charge in [-0.05, 0) is 36.4 Å². The summed E-state index contributed by atoms with van der Waals surface area (Å²) >= 11 is 0. The summed E-state index contributed by atoms with van der Waals surface area (Å²) in [5, 5.41) is 17.7. The Morgan fingerprint density at radius 3 is 2.18 bits per heavy atom. The van der Waals surface area contributed by atoms with Crippen LogP contribution in [0.1, 0.15) is 10.4 Å².